The first-order chi connectivity index (χ1) is 21.7. The molecular formula is C38H40N6. The summed E-state index contributed by atoms with van der Waals surface area (Å²) in [5.74, 6) is 1.83. The molecule has 0 bridgehead atoms. The standard InChI is InChI=1S/C38H40N6/c39-25-34-36(31-14-8-3-9-15-31)35(26-40)38(42-33-20-22-44(23-21-33)27-30-12-6-2-7-13-30)43-37(34)41-32-18-16-29(17-19-32)24-28-10-4-1-5-11-28/h1-15,29,32-33H,16-24,27H2,(H2,41,42,43). The maximum absolute atomic E-state index is 10.4. The van der Waals surface area contributed by atoms with Gasteiger partial charge < -0.3 is 10.6 Å². The minimum atomic E-state index is 0.208. The second-order valence-electron chi connectivity index (χ2n) is 12.3. The average molecular weight is 581 g/mol. The molecule has 4 aromatic rings. The maximum atomic E-state index is 10.4. The fourth-order valence-corrected chi connectivity index (χ4v) is 6.83. The molecule has 1 aromatic heterocycles. The van der Waals surface area contributed by atoms with Crippen molar-refractivity contribution in [2.75, 3.05) is 23.7 Å². The molecule has 44 heavy (non-hydrogen) atoms. The summed E-state index contributed by atoms with van der Waals surface area (Å²) in [6.07, 6.45) is 7.40. The van der Waals surface area contributed by atoms with Gasteiger partial charge in [0.1, 0.15) is 34.9 Å². The van der Waals surface area contributed by atoms with Crippen LogP contribution in [0.1, 0.15) is 60.8 Å². The minimum Gasteiger partial charge on any atom is -0.366 e. The number of likely N-dealkylation sites (tertiary alicyclic amines) is 1. The van der Waals surface area contributed by atoms with E-state index in [1.54, 1.807) is 0 Å². The van der Waals surface area contributed by atoms with Gasteiger partial charge in [0.05, 0.1) is 0 Å². The summed E-state index contributed by atoms with van der Waals surface area (Å²) in [5, 5.41) is 28.1. The molecule has 222 valence electrons. The fourth-order valence-electron chi connectivity index (χ4n) is 6.83. The Bertz CT molecular complexity index is 1490. The van der Waals surface area contributed by atoms with Crippen LogP contribution >= 0.6 is 0 Å². The number of nitrogens with zero attached hydrogens (tertiary/aromatic N) is 4. The van der Waals surface area contributed by atoms with Crippen molar-refractivity contribution < 1.29 is 0 Å². The molecule has 2 N–H and O–H groups in total. The van der Waals surface area contributed by atoms with Crippen LogP contribution in [0.2, 0.25) is 0 Å². The second-order valence-corrected chi connectivity index (χ2v) is 12.3. The molecule has 3 aromatic carbocycles. The highest BCUT2D eigenvalue weighted by molar-refractivity contribution is 5.85. The number of benzene rings is 3. The smallest absolute Gasteiger partial charge is 0.147 e. The Labute approximate surface area is 261 Å². The van der Waals surface area contributed by atoms with Crippen LogP contribution in [0.5, 0.6) is 0 Å². The van der Waals surface area contributed by atoms with Crippen molar-refractivity contribution in [3.05, 3.63) is 113 Å². The van der Waals surface area contributed by atoms with Crippen LogP contribution in [-0.2, 0) is 13.0 Å². The van der Waals surface area contributed by atoms with E-state index in [2.05, 4.69) is 88.3 Å². The van der Waals surface area contributed by atoms with E-state index in [1.165, 1.54) is 11.1 Å². The van der Waals surface area contributed by atoms with Crippen molar-refractivity contribution in [1.29, 1.82) is 10.5 Å². The van der Waals surface area contributed by atoms with Crippen LogP contribution in [-0.4, -0.2) is 35.1 Å². The van der Waals surface area contributed by atoms with Crippen molar-refractivity contribution in [3.8, 4) is 23.3 Å². The van der Waals surface area contributed by atoms with Crippen LogP contribution in [0.3, 0.4) is 0 Å². The SMILES string of the molecule is N#Cc1c(NC2CCC(Cc3ccccc3)CC2)nc(NC2CCN(Cc3ccccc3)CC2)c(C#N)c1-c1ccccc1. The summed E-state index contributed by atoms with van der Waals surface area (Å²) in [6, 6.07) is 36.4. The molecule has 0 unspecified atom stereocenters. The van der Waals surface area contributed by atoms with Crippen LogP contribution < -0.4 is 10.6 Å². The van der Waals surface area contributed by atoms with Gasteiger partial charge in [-0.3, -0.25) is 4.90 Å². The van der Waals surface area contributed by atoms with Crippen molar-refractivity contribution in [3.63, 3.8) is 0 Å². The summed E-state index contributed by atoms with van der Waals surface area (Å²) in [6.45, 7) is 2.91. The first-order valence-electron chi connectivity index (χ1n) is 16.0. The number of hydrogen-bond donors (Lipinski definition) is 2. The Balaban J connectivity index is 1.21. The number of nitriles is 2. The van der Waals surface area contributed by atoms with E-state index in [1.807, 2.05) is 30.3 Å². The average Bonchev–Trinajstić information content (AvgIpc) is 3.07. The molecule has 0 radical (unpaired) electrons. The van der Waals surface area contributed by atoms with E-state index in [0.717, 1.165) is 70.1 Å². The molecule has 1 aliphatic heterocycles. The minimum absolute atomic E-state index is 0.208. The van der Waals surface area contributed by atoms with Crippen LogP contribution in [0.4, 0.5) is 11.6 Å². The van der Waals surface area contributed by atoms with Crippen LogP contribution in [0, 0.1) is 28.6 Å². The van der Waals surface area contributed by atoms with Gasteiger partial charge in [0.25, 0.3) is 0 Å². The molecule has 1 saturated heterocycles. The lowest BCUT2D eigenvalue weighted by Crippen LogP contribution is -2.39. The van der Waals surface area contributed by atoms with Gasteiger partial charge in [-0.1, -0.05) is 91.0 Å². The van der Waals surface area contributed by atoms with Crippen molar-refractivity contribution >= 4 is 11.6 Å². The van der Waals surface area contributed by atoms with E-state index in [0.29, 0.717) is 34.2 Å². The predicted octanol–water partition coefficient (Wildman–Crippen LogP) is 7.78. The van der Waals surface area contributed by atoms with Gasteiger partial charge in [0, 0.05) is 37.3 Å². The van der Waals surface area contributed by atoms with Gasteiger partial charge in [-0.05, 0) is 67.6 Å². The van der Waals surface area contributed by atoms with Crippen molar-refractivity contribution in [1.82, 2.24) is 9.88 Å². The summed E-state index contributed by atoms with van der Waals surface area (Å²) < 4.78 is 0. The molecule has 2 heterocycles. The zero-order valence-electron chi connectivity index (χ0n) is 25.3. The number of rotatable bonds is 9. The molecular weight excluding hydrogens is 540 g/mol. The second kappa shape index (κ2) is 14.2. The summed E-state index contributed by atoms with van der Waals surface area (Å²) in [7, 11) is 0. The molecule has 0 amide bonds. The monoisotopic (exact) mass is 580 g/mol. The lowest BCUT2D eigenvalue weighted by Gasteiger charge is -2.33. The quantitative estimate of drug-likeness (QED) is 0.210. The first-order valence-corrected chi connectivity index (χ1v) is 16.0. The zero-order chi connectivity index (χ0) is 30.1. The Hall–Kier alpha value is -4.65. The zero-order valence-corrected chi connectivity index (χ0v) is 25.3. The molecule has 1 saturated carbocycles. The molecule has 2 aliphatic rings. The van der Waals surface area contributed by atoms with Gasteiger partial charge >= 0.3 is 0 Å². The van der Waals surface area contributed by atoms with E-state index >= 15 is 0 Å². The lowest BCUT2D eigenvalue weighted by atomic mass is 9.82. The first kappa shape index (κ1) is 29.4. The molecule has 2 fully saturated rings. The Morgan fingerprint density at radius 2 is 1.14 bits per heavy atom. The maximum Gasteiger partial charge on any atom is 0.147 e. The predicted molar refractivity (Wildman–Crippen MR) is 177 cm³/mol. The summed E-state index contributed by atoms with van der Waals surface area (Å²) in [5.41, 5.74) is 5.14. The Morgan fingerprint density at radius 1 is 0.636 bits per heavy atom. The molecule has 0 atom stereocenters. The number of piperidine rings is 1. The van der Waals surface area contributed by atoms with Crippen LogP contribution in [0.25, 0.3) is 11.1 Å². The lowest BCUT2D eigenvalue weighted by molar-refractivity contribution is 0.211. The Morgan fingerprint density at radius 3 is 1.68 bits per heavy atom. The number of anilines is 2. The van der Waals surface area contributed by atoms with Crippen molar-refractivity contribution in [2.45, 2.75) is 63.6 Å². The molecule has 0 spiro atoms. The Kier molecular flexibility index (Phi) is 9.51. The van der Waals surface area contributed by atoms with E-state index in [-0.39, 0.29) is 12.1 Å². The van der Waals surface area contributed by atoms with Gasteiger partial charge in [-0.2, -0.15) is 10.5 Å². The largest absolute Gasteiger partial charge is 0.366 e. The summed E-state index contributed by atoms with van der Waals surface area (Å²) >= 11 is 0. The number of aromatic nitrogens is 1. The van der Waals surface area contributed by atoms with Crippen LogP contribution in [0.15, 0.2) is 91.0 Å². The third-order valence-corrected chi connectivity index (χ3v) is 9.22. The van der Waals surface area contributed by atoms with Gasteiger partial charge in [-0.15, -0.1) is 0 Å². The van der Waals surface area contributed by atoms with E-state index < -0.39 is 0 Å². The van der Waals surface area contributed by atoms with Gasteiger partial charge in [0.15, 0.2) is 0 Å². The summed E-state index contributed by atoms with van der Waals surface area (Å²) in [4.78, 5) is 7.47. The molecule has 6 nitrogen and oxygen atoms in total. The molecule has 6 rings (SSSR count). The highest BCUT2D eigenvalue weighted by Crippen LogP contribution is 2.37. The number of pyridine rings is 1. The van der Waals surface area contributed by atoms with Gasteiger partial charge in [-0.25, -0.2) is 4.98 Å². The number of nitrogens with one attached hydrogen (secondary N) is 2. The van der Waals surface area contributed by atoms with Crippen molar-refractivity contribution in [2.24, 2.45) is 5.92 Å². The third kappa shape index (κ3) is 7.10. The number of hydrogen-bond acceptors (Lipinski definition) is 6. The topological polar surface area (TPSA) is 87.8 Å². The highest BCUT2D eigenvalue weighted by atomic mass is 15.2. The highest BCUT2D eigenvalue weighted by Gasteiger charge is 2.28. The molecule has 6 heteroatoms. The van der Waals surface area contributed by atoms with E-state index in [9.17, 15) is 10.5 Å². The fraction of sp³-hybridized carbons (Fsp3) is 0.342. The normalized spacial score (nSPS) is 19.0. The van der Waals surface area contributed by atoms with Gasteiger partial charge in [0.2, 0.25) is 0 Å². The molecule has 1 aliphatic carbocycles. The van der Waals surface area contributed by atoms with E-state index in [4.69, 9.17) is 4.98 Å². The third-order valence-electron chi connectivity index (χ3n) is 9.22.